The number of nitrogens with one attached hydrogen (secondary N) is 1. The van der Waals surface area contributed by atoms with Gasteiger partial charge in [0.25, 0.3) is 5.91 Å². The number of hydrogen-bond acceptors (Lipinski definition) is 5. The van der Waals surface area contributed by atoms with Crippen molar-refractivity contribution < 1.29 is 27.9 Å². The molecule has 0 atom stereocenters. The number of ketones is 1. The number of methoxy groups -OCH3 is 1. The summed E-state index contributed by atoms with van der Waals surface area (Å²) in [6, 6.07) is 15.2. The van der Waals surface area contributed by atoms with Gasteiger partial charge in [-0.1, -0.05) is 35.5 Å². The van der Waals surface area contributed by atoms with Gasteiger partial charge in [-0.05, 0) is 49.7 Å². The van der Waals surface area contributed by atoms with Gasteiger partial charge in [-0.3, -0.25) is 9.59 Å². The lowest BCUT2D eigenvalue weighted by Gasteiger charge is -2.15. The molecule has 4 rings (SSSR count). The van der Waals surface area contributed by atoms with Crippen LogP contribution in [0.1, 0.15) is 29.8 Å². The fourth-order valence-electron chi connectivity index (χ4n) is 3.51. The Morgan fingerprint density at radius 3 is 2.15 bits per heavy atom. The van der Waals surface area contributed by atoms with Gasteiger partial charge in [-0.15, -0.1) is 0 Å². The zero-order valence-corrected chi connectivity index (χ0v) is 18.1. The molecule has 1 heterocycles. The number of Topliss-reactive ketones (excluding diaryl/α,β-unsaturated/α-hetero) is 1. The number of para-hydroxylation sites is 1. The summed E-state index contributed by atoms with van der Waals surface area (Å²) in [5.74, 6) is -2.59. The lowest BCUT2D eigenvalue weighted by Crippen LogP contribution is -2.33. The number of carbonyl (C=O) groups is 2. The van der Waals surface area contributed by atoms with E-state index in [4.69, 9.17) is 9.57 Å². The Morgan fingerprint density at radius 1 is 0.970 bits per heavy atom. The standard InChI is InChI=1S/C25H20F2N2O4/c1-25(2)23(30)21(29-33-25)17-7-4-6-16(22(17)32-3)14-10-12-15(13-11-14)28-24(31)20-18(26)8-5-9-19(20)27/h4-13H,1-3H3,(H,28,31). The number of rotatable bonds is 5. The first-order chi connectivity index (χ1) is 15.7. The van der Waals surface area contributed by atoms with E-state index in [0.717, 1.165) is 17.7 Å². The molecule has 168 valence electrons. The van der Waals surface area contributed by atoms with Crippen molar-refractivity contribution in [3.05, 3.63) is 83.4 Å². The summed E-state index contributed by atoms with van der Waals surface area (Å²) in [6.07, 6.45) is 0. The first-order valence-electron chi connectivity index (χ1n) is 10.1. The monoisotopic (exact) mass is 450 g/mol. The number of carbonyl (C=O) groups excluding carboxylic acids is 2. The number of oxime groups is 1. The Balaban J connectivity index is 1.62. The average molecular weight is 450 g/mol. The molecule has 0 saturated carbocycles. The van der Waals surface area contributed by atoms with E-state index in [2.05, 4.69) is 10.5 Å². The van der Waals surface area contributed by atoms with Crippen LogP contribution in [-0.2, 0) is 9.63 Å². The first-order valence-corrected chi connectivity index (χ1v) is 10.1. The molecular formula is C25H20F2N2O4. The van der Waals surface area contributed by atoms with Gasteiger partial charge < -0.3 is 14.9 Å². The largest absolute Gasteiger partial charge is 0.495 e. The van der Waals surface area contributed by atoms with Gasteiger partial charge in [0.1, 0.15) is 22.9 Å². The van der Waals surface area contributed by atoms with Crippen LogP contribution in [0.25, 0.3) is 11.1 Å². The van der Waals surface area contributed by atoms with Gasteiger partial charge in [0.2, 0.25) is 5.78 Å². The smallest absolute Gasteiger partial charge is 0.261 e. The molecule has 0 aliphatic carbocycles. The molecule has 1 aliphatic heterocycles. The second kappa shape index (κ2) is 8.46. The van der Waals surface area contributed by atoms with Crippen LogP contribution in [0.15, 0.2) is 65.8 Å². The van der Waals surface area contributed by atoms with E-state index in [-0.39, 0.29) is 11.5 Å². The second-order valence-electron chi connectivity index (χ2n) is 7.89. The van der Waals surface area contributed by atoms with Crippen molar-refractivity contribution in [1.82, 2.24) is 0 Å². The number of amides is 1. The maximum atomic E-state index is 13.9. The molecule has 0 unspecified atom stereocenters. The number of benzene rings is 3. The number of halogens is 2. The zero-order chi connectivity index (χ0) is 23.8. The van der Waals surface area contributed by atoms with Crippen LogP contribution in [0.2, 0.25) is 0 Å². The molecule has 1 N–H and O–H groups in total. The maximum Gasteiger partial charge on any atom is 0.261 e. The van der Waals surface area contributed by atoms with E-state index in [1.54, 1.807) is 50.2 Å². The van der Waals surface area contributed by atoms with Crippen LogP contribution >= 0.6 is 0 Å². The Labute approximate surface area is 188 Å². The van der Waals surface area contributed by atoms with Crippen LogP contribution in [0.3, 0.4) is 0 Å². The van der Waals surface area contributed by atoms with Crippen LogP contribution in [0, 0.1) is 11.6 Å². The highest BCUT2D eigenvalue weighted by Crippen LogP contribution is 2.36. The average Bonchev–Trinajstić information content (AvgIpc) is 3.06. The van der Waals surface area contributed by atoms with Gasteiger partial charge in [-0.25, -0.2) is 8.78 Å². The van der Waals surface area contributed by atoms with E-state index in [0.29, 0.717) is 22.6 Å². The predicted octanol–water partition coefficient (Wildman–Crippen LogP) is 4.97. The van der Waals surface area contributed by atoms with E-state index < -0.39 is 28.7 Å². The Kier molecular flexibility index (Phi) is 5.68. The summed E-state index contributed by atoms with van der Waals surface area (Å²) in [6.45, 7) is 3.28. The van der Waals surface area contributed by atoms with Crippen molar-refractivity contribution in [3.63, 3.8) is 0 Å². The maximum absolute atomic E-state index is 13.9. The lowest BCUT2D eigenvalue weighted by atomic mass is 9.93. The molecule has 3 aromatic rings. The molecule has 8 heteroatoms. The van der Waals surface area contributed by atoms with E-state index in [9.17, 15) is 18.4 Å². The topological polar surface area (TPSA) is 77.0 Å². The fourth-order valence-corrected chi connectivity index (χ4v) is 3.51. The minimum Gasteiger partial charge on any atom is -0.495 e. The van der Waals surface area contributed by atoms with Crippen molar-refractivity contribution >= 4 is 23.1 Å². The highest BCUT2D eigenvalue weighted by Gasteiger charge is 2.41. The number of anilines is 1. The van der Waals surface area contributed by atoms with Crippen molar-refractivity contribution in [1.29, 1.82) is 0 Å². The molecule has 3 aromatic carbocycles. The molecule has 0 aromatic heterocycles. The van der Waals surface area contributed by atoms with Gasteiger partial charge in [0, 0.05) is 11.3 Å². The molecular weight excluding hydrogens is 430 g/mol. The fraction of sp³-hybridized carbons (Fsp3) is 0.160. The summed E-state index contributed by atoms with van der Waals surface area (Å²) < 4.78 is 33.3. The van der Waals surface area contributed by atoms with E-state index in [1.165, 1.54) is 13.2 Å². The van der Waals surface area contributed by atoms with Gasteiger partial charge in [0.05, 0.1) is 12.7 Å². The number of nitrogens with zero attached hydrogens (tertiary/aromatic N) is 1. The van der Waals surface area contributed by atoms with E-state index >= 15 is 0 Å². The minimum absolute atomic E-state index is 0.175. The summed E-state index contributed by atoms with van der Waals surface area (Å²) in [7, 11) is 1.49. The molecule has 0 spiro atoms. The summed E-state index contributed by atoms with van der Waals surface area (Å²) in [5.41, 5.74) is 0.749. The quantitative estimate of drug-likeness (QED) is 0.595. The number of ether oxygens (including phenoxy) is 1. The van der Waals surface area contributed by atoms with Gasteiger partial charge in [0.15, 0.2) is 11.3 Å². The molecule has 0 bridgehead atoms. The third-order valence-electron chi connectivity index (χ3n) is 5.24. The third-order valence-corrected chi connectivity index (χ3v) is 5.24. The Morgan fingerprint density at radius 2 is 1.58 bits per heavy atom. The normalized spacial score (nSPS) is 14.5. The third kappa shape index (κ3) is 4.07. The van der Waals surface area contributed by atoms with Crippen molar-refractivity contribution in [2.24, 2.45) is 5.16 Å². The zero-order valence-electron chi connectivity index (χ0n) is 18.1. The molecule has 33 heavy (non-hydrogen) atoms. The van der Waals surface area contributed by atoms with Crippen LogP contribution in [0.4, 0.5) is 14.5 Å². The summed E-state index contributed by atoms with van der Waals surface area (Å²) in [5, 5.41) is 6.44. The summed E-state index contributed by atoms with van der Waals surface area (Å²) >= 11 is 0. The van der Waals surface area contributed by atoms with Gasteiger partial charge in [-0.2, -0.15) is 0 Å². The lowest BCUT2D eigenvalue weighted by molar-refractivity contribution is -0.128. The molecule has 0 radical (unpaired) electrons. The Hall–Kier alpha value is -4.07. The van der Waals surface area contributed by atoms with E-state index in [1.807, 2.05) is 6.07 Å². The molecule has 0 saturated heterocycles. The molecule has 6 nitrogen and oxygen atoms in total. The van der Waals surface area contributed by atoms with Crippen molar-refractivity contribution in [3.8, 4) is 16.9 Å². The van der Waals surface area contributed by atoms with Crippen LogP contribution in [0.5, 0.6) is 5.75 Å². The minimum atomic E-state index is -1.05. The Bertz CT molecular complexity index is 1260. The highest BCUT2D eigenvalue weighted by molar-refractivity contribution is 6.50. The van der Waals surface area contributed by atoms with Crippen LogP contribution < -0.4 is 10.1 Å². The van der Waals surface area contributed by atoms with Crippen molar-refractivity contribution in [2.45, 2.75) is 19.4 Å². The second-order valence-corrected chi connectivity index (χ2v) is 7.89. The summed E-state index contributed by atoms with van der Waals surface area (Å²) in [4.78, 5) is 30.2. The highest BCUT2D eigenvalue weighted by atomic mass is 19.1. The SMILES string of the molecule is COc1c(C2=NOC(C)(C)C2=O)cccc1-c1ccc(NC(=O)c2c(F)cccc2F)cc1. The van der Waals surface area contributed by atoms with Gasteiger partial charge >= 0.3 is 0 Å². The predicted molar refractivity (Wildman–Crippen MR) is 119 cm³/mol. The first kappa shape index (κ1) is 22.1. The molecule has 1 aliphatic rings. The number of hydrogen-bond donors (Lipinski definition) is 1. The molecule has 1 amide bonds. The molecule has 0 fully saturated rings. The van der Waals surface area contributed by atoms with Crippen LogP contribution in [-0.4, -0.2) is 30.1 Å². The van der Waals surface area contributed by atoms with Crippen molar-refractivity contribution in [2.75, 3.05) is 12.4 Å².